The first-order chi connectivity index (χ1) is 12.3. The fourth-order valence-electron chi connectivity index (χ4n) is 2.05. The van der Waals surface area contributed by atoms with Crippen LogP contribution in [0.15, 0.2) is 67.0 Å². The fraction of sp³-hybridized carbons (Fsp3) is 0.0556. The molecular weight excluding hydrogens is 391 g/mol. The van der Waals surface area contributed by atoms with Crippen molar-refractivity contribution >= 4 is 13.3 Å². The summed E-state index contributed by atoms with van der Waals surface area (Å²) in [6, 6.07) is 17.9. The first-order valence-electron chi connectivity index (χ1n) is 7.43. The average molecular weight is 405 g/mol. The molecule has 2 nitrogen and oxygen atoms in total. The monoisotopic (exact) mass is 405 g/mol. The Balaban J connectivity index is 0.000000321. The summed E-state index contributed by atoms with van der Waals surface area (Å²) < 4.78 is 66.4. The molecule has 0 spiro atoms. The van der Waals surface area contributed by atoms with Crippen molar-refractivity contribution in [2.45, 2.75) is 0 Å². The Hall–Kier alpha value is -2.78. The second kappa shape index (κ2) is 6.75. The van der Waals surface area contributed by atoms with Gasteiger partial charge >= 0.3 is 33.0 Å². The Kier molecular flexibility index (Phi) is 5.13. The zero-order valence-electron chi connectivity index (χ0n) is 13.9. The van der Waals surface area contributed by atoms with Crippen molar-refractivity contribution in [2.24, 2.45) is 0 Å². The van der Waals surface area contributed by atoms with Crippen LogP contribution in [0.3, 0.4) is 0 Å². The first kappa shape index (κ1) is 20.5. The molecule has 0 aliphatic heterocycles. The minimum atomic E-state index is -10.7. The number of ether oxygens (including phenoxy) is 1. The van der Waals surface area contributed by atoms with Gasteiger partial charge in [0.05, 0.1) is 12.7 Å². The van der Waals surface area contributed by atoms with Gasteiger partial charge in [-0.05, 0) is 36.4 Å². The molecule has 27 heavy (non-hydrogen) atoms. The van der Waals surface area contributed by atoms with Gasteiger partial charge in [0.2, 0.25) is 5.52 Å². The zero-order valence-corrected chi connectivity index (χ0v) is 14.8. The SMILES string of the molecule is COc1ccc(C#Cc2ccc[n+]3ccccc23)cc1.F[P-](F)(F)(F)(F)F. The molecule has 3 rings (SSSR count). The van der Waals surface area contributed by atoms with Crippen molar-refractivity contribution in [2.75, 3.05) is 7.11 Å². The van der Waals surface area contributed by atoms with Gasteiger partial charge in [0, 0.05) is 23.8 Å². The second-order valence-corrected chi connectivity index (χ2v) is 7.27. The zero-order chi connectivity index (χ0) is 20.2. The van der Waals surface area contributed by atoms with E-state index in [2.05, 4.69) is 22.3 Å². The van der Waals surface area contributed by atoms with Crippen molar-refractivity contribution in [3.05, 3.63) is 78.1 Å². The van der Waals surface area contributed by atoms with Crippen LogP contribution in [-0.4, -0.2) is 7.11 Å². The standard InChI is InChI=1S/C18H14NO.F6P/c1-20-17-11-8-15(9-12-17)7-10-16-5-4-14-19-13-3-2-6-18(16)19;1-7(2,3,4,5)6/h2-6,8-9,11-14H,1H3;/q+1;-1. The molecule has 0 amide bonds. The van der Waals surface area contributed by atoms with Crippen LogP contribution in [0.4, 0.5) is 25.2 Å². The maximum atomic E-state index is 9.87. The third-order valence-corrected chi connectivity index (χ3v) is 3.11. The van der Waals surface area contributed by atoms with E-state index in [1.807, 2.05) is 60.9 Å². The Morgan fingerprint density at radius 1 is 0.778 bits per heavy atom. The molecule has 144 valence electrons. The van der Waals surface area contributed by atoms with Crippen LogP contribution >= 0.6 is 7.81 Å². The van der Waals surface area contributed by atoms with Crippen LogP contribution in [-0.2, 0) is 0 Å². The Morgan fingerprint density at radius 2 is 1.37 bits per heavy atom. The fourth-order valence-corrected chi connectivity index (χ4v) is 2.05. The molecule has 0 saturated heterocycles. The number of hydrogen-bond acceptors (Lipinski definition) is 1. The normalized spacial score (nSPS) is 13.3. The summed E-state index contributed by atoms with van der Waals surface area (Å²) in [5.74, 6) is 7.26. The van der Waals surface area contributed by atoms with Crippen LogP contribution in [0.1, 0.15) is 11.1 Å². The van der Waals surface area contributed by atoms with Gasteiger partial charge in [-0.15, -0.1) is 0 Å². The van der Waals surface area contributed by atoms with Crippen molar-refractivity contribution in [1.29, 1.82) is 0 Å². The van der Waals surface area contributed by atoms with Crippen LogP contribution in [0.5, 0.6) is 5.75 Å². The van der Waals surface area contributed by atoms with E-state index in [9.17, 15) is 25.2 Å². The number of rotatable bonds is 1. The Bertz CT molecular complexity index is 989. The van der Waals surface area contributed by atoms with Crippen molar-refractivity contribution in [3.8, 4) is 17.6 Å². The van der Waals surface area contributed by atoms with Crippen molar-refractivity contribution in [3.63, 3.8) is 0 Å². The molecular formula is C18H14F6NOP. The summed E-state index contributed by atoms with van der Waals surface area (Å²) in [7, 11) is -9.00. The van der Waals surface area contributed by atoms with E-state index in [0.29, 0.717) is 0 Å². The number of halogens is 6. The molecule has 0 atom stereocenters. The summed E-state index contributed by atoms with van der Waals surface area (Å²) in [5, 5.41) is 0. The molecule has 0 aliphatic rings. The first-order valence-corrected chi connectivity index (χ1v) is 9.46. The number of benzene rings is 1. The number of nitrogens with zero attached hydrogens (tertiary/aromatic N) is 1. The number of aromatic nitrogens is 1. The number of fused-ring (bicyclic) bond motifs is 1. The van der Waals surface area contributed by atoms with Crippen LogP contribution in [0.2, 0.25) is 0 Å². The van der Waals surface area contributed by atoms with E-state index in [4.69, 9.17) is 4.74 Å². The summed E-state index contributed by atoms with van der Waals surface area (Å²) in [4.78, 5) is 0. The molecule has 0 radical (unpaired) electrons. The second-order valence-electron chi connectivity index (χ2n) is 5.35. The van der Waals surface area contributed by atoms with Crippen molar-refractivity contribution < 1.29 is 34.3 Å². The molecule has 0 unspecified atom stereocenters. The Labute approximate surface area is 151 Å². The van der Waals surface area contributed by atoms with E-state index in [-0.39, 0.29) is 0 Å². The molecule has 2 aromatic heterocycles. The summed E-state index contributed by atoms with van der Waals surface area (Å²) in [6.07, 6.45) is 4.04. The van der Waals surface area contributed by atoms with E-state index < -0.39 is 7.81 Å². The number of pyridine rings is 2. The van der Waals surface area contributed by atoms with E-state index in [1.165, 1.54) is 0 Å². The van der Waals surface area contributed by atoms with Gasteiger partial charge in [0.15, 0.2) is 12.4 Å². The molecule has 2 heterocycles. The number of methoxy groups -OCH3 is 1. The Morgan fingerprint density at radius 3 is 1.96 bits per heavy atom. The van der Waals surface area contributed by atoms with Gasteiger partial charge in [-0.2, -0.15) is 4.40 Å². The van der Waals surface area contributed by atoms with Gasteiger partial charge in [0.1, 0.15) is 5.75 Å². The number of hydrogen-bond donors (Lipinski definition) is 0. The minimum absolute atomic E-state index is 0.844. The molecule has 0 N–H and O–H groups in total. The van der Waals surface area contributed by atoms with Crippen molar-refractivity contribution in [1.82, 2.24) is 0 Å². The van der Waals surface area contributed by atoms with Crippen LogP contribution in [0, 0.1) is 11.8 Å². The molecule has 3 aromatic rings. The summed E-state index contributed by atoms with van der Waals surface area (Å²) in [6.45, 7) is 0. The molecule has 1 aromatic carbocycles. The molecule has 0 saturated carbocycles. The quantitative estimate of drug-likeness (QED) is 0.203. The van der Waals surface area contributed by atoms with Crippen LogP contribution in [0.25, 0.3) is 5.52 Å². The molecule has 0 fully saturated rings. The van der Waals surface area contributed by atoms with Gasteiger partial charge in [0.25, 0.3) is 0 Å². The predicted octanol–water partition coefficient (Wildman–Crippen LogP) is 6.22. The maximum absolute atomic E-state index is 10.7. The molecule has 0 bridgehead atoms. The summed E-state index contributed by atoms with van der Waals surface area (Å²) >= 11 is 0. The molecule has 0 aliphatic carbocycles. The summed E-state index contributed by atoms with van der Waals surface area (Å²) in [5.41, 5.74) is 3.10. The van der Waals surface area contributed by atoms with E-state index >= 15 is 0 Å². The topological polar surface area (TPSA) is 13.3 Å². The van der Waals surface area contributed by atoms with Gasteiger partial charge in [-0.1, -0.05) is 11.8 Å². The van der Waals surface area contributed by atoms with Gasteiger partial charge in [-0.3, -0.25) is 0 Å². The predicted molar refractivity (Wildman–Crippen MR) is 92.1 cm³/mol. The van der Waals surface area contributed by atoms with E-state index in [1.54, 1.807) is 7.11 Å². The third-order valence-electron chi connectivity index (χ3n) is 3.11. The molecule has 9 heteroatoms. The van der Waals surface area contributed by atoms with Crippen LogP contribution < -0.4 is 9.14 Å². The van der Waals surface area contributed by atoms with Gasteiger partial charge < -0.3 is 4.74 Å². The van der Waals surface area contributed by atoms with Gasteiger partial charge in [-0.25, -0.2) is 0 Å². The average Bonchev–Trinajstić information content (AvgIpc) is 2.57. The van der Waals surface area contributed by atoms with E-state index in [0.717, 1.165) is 22.4 Å². The third kappa shape index (κ3) is 8.43.